The van der Waals surface area contributed by atoms with E-state index in [2.05, 4.69) is 22.0 Å². The molecule has 2 heterocycles. The molecule has 0 amide bonds. The molecule has 0 radical (unpaired) electrons. The fraction of sp³-hybridized carbons (Fsp3) is 0.100. The van der Waals surface area contributed by atoms with E-state index in [1.807, 2.05) is 9.95 Å². The van der Waals surface area contributed by atoms with Crippen molar-refractivity contribution in [3.05, 3.63) is 55.5 Å². The Labute approximate surface area is 94.0 Å². The molecule has 0 atom stereocenters. The van der Waals surface area contributed by atoms with E-state index in [4.69, 9.17) is 0 Å². The van der Waals surface area contributed by atoms with Crippen LogP contribution in [0.2, 0.25) is 0 Å². The highest BCUT2D eigenvalue weighted by molar-refractivity contribution is 9.11. The predicted molar refractivity (Wildman–Crippen MR) is 61.8 cm³/mol. The van der Waals surface area contributed by atoms with E-state index in [0.29, 0.717) is 0 Å². The van der Waals surface area contributed by atoms with Crippen LogP contribution in [0.3, 0.4) is 0 Å². The summed E-state index contributed by atoms with van der Waals surface area (Å²) in [6, 6.07) is 5.22. The number of hydrogen-bond donors (Lipinski definition) is 0. The van der Waals surface area contributed by atoms with Crippen molar-refractivity contribution in [2.24, 2.45) is 0 Å². The van der Waals surface area contributed by atoms with Gasteiger partial charge in [0.15, 0.2) is 5.43 Å². The van der Waals surface area contributed by atoms with Gasteiger partial charge in [0.05, 0.1) is 3.79 Å². The molecule has 2 nitrogen and oxygen atoms in total. The van der Waals surface area contributed by atoms with Gasteiger partial charge >= 0.3 is 0 Å². The van der Waals surface area contributed by atoms with Crippen LogP contribution in [0.5, 0.6) is 0 Å². The van der Waals surface area contributed by atoms with Crippen molar-refractivity contribution in [1.82, 2.24) is 4.57 Å². The van der Waals surface area contributed by atoms with Crippen LogP contribution in [0.25, 0.3) is 0 Å². The molecule has 0 aliphatic rings. The summed E-state index contributed by atoms with van der Waals surface area (Å²) in [5.41, 5.74) is 1.28. The van der Waals surface area contributed by atoms with Gasteiger partial charge in [-0.1, -0.05) is 0 Å². The van der Waals surface area contributed by atoms with Gasteiger partial charge in [0, 0.05) is 31.1 Å². The second-order valence-electron chi connectivity index (χ2n) is 2.93. The molecule has 0 bridgehead atoms. The molecule has 0 fully saturated rings. The quantitative estimate of drug-likeness (QED) is 0.822. The third-order valence-electron chi connectivity index (χ3n) is 1.91. The van der Waals surface area contributed by atoms with E-state index < -0.39 is 0 Å². The van der Waals surface area contributed by atoms with Crippen LogP contribution in [-0.2, 0) is 6.54 Å². The van der Waals surface area contributed by atoms with E-state index in [1.54, 1.807) is 35.9 Å². The third-order valence-corrected chi connectivity index (χ3v) is 3.72. The van der Waals surface area contributed by atoms with Crippen molar-refractivity contribution >= 4 is 27.3 Å². The van der Waals surface area contributed by atoms with E-state index in [0.717, 1.165) is 10.3 Å². The fourth-order valence-electron chi connectivity index (χ4n) is 1.18. The Morgan fingerprint density at radius 3 is 2.57 bits per heavy atom. The molecule has 0 N–H and O–H groups in total. The summed E-state index contributed by atoms with van der Waals surface area (Å²) in [6.07, 6.45) is 3.60. The Morgan fingerprint density at radius 2 is 2.00 bits per heavy atom. The second-order valence-corrected chi connectivity index (χ2v) is 5.16. The Bertz CT molecular complexity index is 468. The standard InChI is InChI=1S/C10H8BrNOS/c11-10-8(3-6-14-10)7-12-4-1-9(13)2-5-12/h1-6H,7H2. The highest BCUT2D eigenvalue weighted by atomic mass is 79.9. The first kappa shape index (κ1) is 9.68. The van der Waals surface area contributed by atoms with Gasteiger partial charge in [-0.2, -0.15) is 0 Å². The summed E-state index contributed by atoms with van der Waals surface area (Å²) in [5, 5.41) is 2.04. The van der Waals surface area contributed by atoms with Gasteiger partial charge in [-0.15, -0.1) is 11.3 Å². The molecule has 4 heteroatoms. The summed E-state index contributed by atoms with van der Waals surface area (Å²) in [5.74, 6) is 0. The monoisotopic (exact) mass is 269 g/mol. The molecule has 0 saturated heterocycles. The smallest absolute Gasteiger partial charge is 0.181 e. The number of nitrogens with zero attached hydrogens (tertiary/aromatic N) is 1. The molecule has 2 rings (SSSR count). The average Bonchev–Trinajstić information content (AvgIpc) is 2.56. The van der Waals surface area contributed by atoms with Gasteiger partial charge in [-0.05, 0) is 32.9 Å². The topological polar surface area (TPSA) is 22.0 Å². The molecule has 0 aliphatic heterocycles. The zero-order valence-corrected chi connectivity index (χ0v) is 9.72. The number of thiophene rings is 1. The van der Waals surface area contributed by atoms with Gasteiger partial charge in [0.25, 0.3) is 0 Å². The lowest BCUT2D eigenvalue weighted by molar-refractivity contribution is 0.789. The molecule has 0 spiro atoms. The number of pyridine rings is 1. The molecular weight excluding hydrogens is 262 g/mol. The predicted octanol–water partition coefficient (Wildman–Crippen LogP) is 2.72. The Morgan fingerprint density at radius 1 is 1.29 bits per heavy atom. The highest BCUT2D eigenvalue weighted by Crippen LogP contribution is 2.23. The third kappa shape index (κ3) is 2.13. The van der Waals surface area contributed by atoms with Crippen LogP contribution in [-0.4, -0.2) is 4.57 Å². The van der Waals surface area contributed by atoms with Crippen LogP contribution < -0.4 is 5.43 Å². The SMILES string of the molecule is O=c1ccn(Cc2ccsc2Br)cc1. The minimum absolute atomic E-state index is 0.0469. The van der Waals surface area contributed by atoms with E-state index in [-0.39, 0.29) is 5.43 Å². The first-order valence-corrected chi connectivity index (χ1v) is 5.81. The zero-order chi connectivity index (χ0) is 9.97. The summed E-state index contributed by atoms with van der Waals surface area (Å²) in [4.78, 5) is 10.9. The first-order chi connectivity index (χ1) is 6.75. The maximum Gasteiger partial charge on any atom is 0.181 e. The Balaban J connectivity index is 2.23. The van der Waals surface area contributed by atoms with Crippen molar-refractivity contribution in [3.63, 3.8) is 0 Å². The van der Waals surface area contributed by atoms with Crippen molar-refractivity contribution in [2.45, 2.75) is 6.54 Å². The van der Waals surface area contributed by atoms with Crippen LogP contribution in [0.1, 0.15) is 5.56 Å². The minimum Gasteiger partial charge on any atom is -0.350 e. The van der Waals surface area contributed by atoms with E-state index >= 15 is 0 Å². The van der Waals surface area contributed by atoms with Gasteiger partial charge < -0.3 is 4.57 Å². The molecule has 0 aromatic carbocycles. The van der Waals surface area contributed by atoms with Gasteiger partial charge in [-0.25, -0.2) is 0 Å². The van der Waals surface area contributed by atoms with Crippen LogP contribution in [0.4, 0.5) is 0 Å². The van der Waals surface area contributed by atoms with Gasteiger partial charge in [0.1, 0.15) is 0 Å². The molecule has 2 aromatic heterocycles. The summed E-state index contributed by atoms with van der Waals surface area (Å²) in [6.45, 7) is 0.796. The number of aromatic nitrogens is 1. The summed E-state index contributed by atoms with van der Waals surface area (Å²) >= 11 is 5.15. The lowest BCUT2D eigenvalue weighted by atomic mass is 10.3. The number of hydrogen-bond acceptors (Lipinski definition) is 2. The number of halogens is 1. The van der Waals surface area contributed by atoms with Crippen molar-refractivity contribution in [1.29, 1.82) is 0 Å². The molecule has 0 aliphatic carbocycles. The molecule has 14 heavy (non-hydrogen) atoms. The van der Waals surface area contributed by atoms with Crippen LogP contribution >= 0.6 is 27.3 Å². The average molecular weight is 270 g/mol. The van der Waals surface area contributed by atoms with Gasteiger partial charge in [0.2, 0.25) is 0 Å². The lowest BCUT2D eigenvalue weighted by Crippen LogP contribution is -2.04. The van der Waals surface area contributed by atoms with E-state index in [9.17, 15) is 4.79 Å². The zero-order valence-electron chi connectivity index (χ0n) is 7.31. The Kier molecular flexibility index (Phi) is 2.84. The summed E-state index contributed by atoms with van der Waals surface area (Å²) in [7, 11) is 0. The van der Waals surface area contributed by atoms with Gasteiger partial charge in [-0.3, -0.25) is 4.79 Å². The van der Waals surface area contributed by atoms with Crippen molar-refractivity contribution in [3.8, 4) is 0 Å². The molecular formula is C10H8BrNOS. The van der Waals surface area contributed by atoms with Crippen molar-refractivity contribution in [2.75, 3.05) is 0 Å². The van der Waals surface area contributed by atoms with Crippen LogP contribution in [0.15, 0.2) is 44.6 Å². The Hall–Kier alpha value is -0.870. The highest BCUT2D eigenvalue weighted by Gasteiger charge is 2.00. The maximum atomic E-state index is 10.9. The molecule has 0 saturated carbocycles. The van der Waals surface area contributed by atoms with E-state index in [1.165, 1.54) is 5.56 Å². The lowest BCUT2D eigenvalue weighted by Gasteiger charge is -2.03. The number of rotatable bonds is 2. The first-order valence-electron chi connectivity index (χ1n) is 4.14. The van der Waals surface area contributed by atoms with Crippen LogP contribution in [0, 0.1) is 0 Å². The molecule has 2 aromatic rings. The normalized spacial score (nSPS) is 10.4. The fourth-order valence-corrected chi connectivity index (χ4v) is 2.39. The second kappa shape index (κ2) is 4.11. The van der Waals surface area contributed by atoms with Crippen molar-refractivity contribution < 1.29 is 0 Å². The molecule has 0 unspecified atom stereocenters. The summed E-state index contributed by atoms with van der Waals surface area (Å²) < 4.78 is 3.13. The minimum atomic E-state index is 0.0469. The maximum absolute atomic E-state index is 10.9. The largest absolute Gasteiger partial charge is 0.350 e. The molecule has 72 valence electrons.